The van der Waals surface area contributed by atoms with Crippen LogP contribution in [0.4, 0.5) is 0 Å². The molecule has 0 aliphatic carbocycles. The van der Waals surface area contributed by atoms with Crippen LogP contribution in [0.3, 0.4) is 0 Å². The zero-order valence-electron chi connectivity index (χ0n) is 10.2. The third-order valence-corrected chi connectivity index (χ3v) is 2.69. The van der Waals surface area contributed by atoms with Crippen LogP contribution in [0.15, 0.2) is 10.6 Å². The van der Waals surface area contributed by atoms with E-state index in [0.29, 0.717) is 6.61 Å². The van der Waals surface area contributed by atoms with Gasteiger partial charge in [-0.15, -0.1) is 0 Å². The summed E-state index contributed by atoms with van der Waals surface area (Å²) in [7, 11) is 0. The van der Waals surface area contributed by atoms with Gasteiger partial charge in [0, 0.05) is 6.42 Å². The van der Waals surface area contributed by atoms with Crippen LogP contribution in [0.1, 0.15) is 40.0 Å². The van der Waals surface area contributed by atoms with Gasteiger partial charge in [0.15, 0.2) is 5.79 Å². The Morgan fingerprint density at radius 1 is 1.56 bits per heavy atom. The minimum atomic E-state index is -0.468. The standard InChI is InChI=1S/C13H19BrO2/c1-4-5-6-7-8-11(14)9-12-10-15-13(2,3)16-12/h9,12H,4-6,10H2,1-3H3/b11-9-. The van der Waals surface area contributed by atoms with Crippen LogP contribution >= 0.6 is 15.9 Å². The molecule has 2 nitrogen and oxygen atoms in total. The molecule has 1 heterocycles. The van der Waals surface area contributed by atoms with Crippen LogP contribution in [0, 0.1) is 11.8 Å². The van der Waals surface area contributed by atoms with E-state index < -0.39 is 5.79 Å². The van der Waals surface area contributed by atoms with Gasteiger partial charge in [0.05, 0.1) is 11.1 Å². The van der Waals surface area contributed by atoms with Crippen LogP contribution in [-0.4, -0.2) is 18.5 Å². The highest BCUT2D eigenvalue weighted by atomic mass is 79.9. The predicted octanol–water partition coefficient (Wildman–Crippen LogP) is 3.61. The molecule has 1 fully saturated rings. The first-order valence-electron chi connectivity index (χ1n) is 5.71. The zero-order chi connectivity index (χ0) is 12.0. The molecule has 0 aromatic heterocycles. The topological polar surface area (TPSA) is 18.5 Å². The van der Waals surface area contributed by atoms with E-state index in [2.05, 4.69) is 34.7 Å². The Balaban J connectivity index is 2.41. The molecule has 3 heteroatoms. The third-order valence-electron chi connectivity index (χ3n) is 2.23. The Morgan fingerprint density at radius 2 is 2.31 bits per heavy atom. The molecular formula is C13H19BrO2. The maximum absolute atomic E-state index is 5.65. The molecule has 90 valence electrons. The normalized spacial score (nSPS) is 24.0. The molecule has 0 amide bonds. The van der Waals surface area contributed by atoms with Gasteiger partial charge in [-0.3, -0.25) is 0 Å². The Bertz CT molecular complexity index is 310. The second-order valence-electron chi connectivity index (χ2n) is 4.29. The fraction of sp³-hybridized carbons (Fsp3) is 0.692. The Hall–Kier alpha value is -0.300. The van der Waals surface area contributed by atoms with Crippen molar-refractivity contribution in [3.8, 4) is 11.8 Å². The minimum absolute atomic E-state index is 0.00449. The molecule has 16 heavy (non-hydrogen) atoms. The largest absolute Gasteiger partial charge is 0.347 e. The number of ether oxygens (including phenoxy) is 2. The van der Waals surface area contributed by atoms with Gasteiger partial charge in [-0.05, 0) is 42.3 Å². The molecular weight excluding hydrogens is 268 g/mol. The minimum Gasteiger partial charge on any atom is -0.347 e. The van der Waals surface area contributed by atoms with Gasteiger partial charge in [-0.1, -0.05) is 25.2 Å². The molecule has 1 atom stereocenters. The lowest BCUT2D eigenvalue weighted by atomic mass is 10.2. The van der Waals surface area contributed by atoms with E-state index in [-0.39, 0.29) is 6.10 Å². The lowest BCUT2D eigenvalue weighted by molar-refractivity contribution is -0.133. The van der Waals surface area contributed by atoms with Crippen LogP contribution in [0.5, 0.6) is 0 Å². The third kappa shape index (κ3) is 5.16. The second kappa shape index (κ2) is 6.44. The maximum atomic E-state index is 5.65. The van der Waals surface area contributed by atoms with Crippen molar-refractivity contribution < 1.29 is 9.47 Å². The van der Waals surface area contributed by atoms with E-state index in [4.69, 9.17) is 9.47 Å². The van der Waals surface area contributed by atoms with Gasteiger partial charge in [-0.25, -0.2) is 0 Å². The lowest BCUT2D eigenvalue weighted by Gasteiger charge is -2.15. The highest BCUT2D eigenvalue weighted by Crippen LogP contribution is 2.24. The SMILES string of the molecule is CCCCC#C/C(Br)=C/C1COC(C)(C)O1. The fourth-order valence-electron chi connectivity index (χ4n) is 1.41. The molecule has 0 spiro atoms. The summed E-state index contributed by atoms with van der Waals surface area (Å²) in [4.78, 5) is 0. The van der Waals surface area contributed by atoms with Gasteiger partial charge in [0.2, 0.25) is 0 Å². The highest BCUT2D eigenvalue weighted by Gasteiger charge is 2.31. The number of hydrogen-bond donors (Lipinski definition) is 0. The summed E-state index contributed by atoms with van der Waals surface area (Å²) in [6, 6.07) is 0. The van der Waals surface area contributed by atoms with Gasteiger partial charge >= 0.3 is 0 Å². The van der Waals surface area contributed by atoms with Crippen molar-refractivity contribution in [2.24, 2.45) is 0 Å². The first-order valence-corrected chi connectivity index (χ1v) is 6.51. The Morgan fingerprint density at radius 3 is 2.88 bits per heavy atom. The van der Waals surface area contributed by atoms with Crippen molar-refractivity contribution in [2.45, 2.75) is 51.9 Å². The summed E-state index contributed by atoms with van der Waals surface area (Å²) in [6.07, 6.45) is 5.26. The van der Waals surface area contributed by atoms with Crippen molar-refractivity contribution in [3.05, 3.63) is 10.6 Å². The molecule has 0 radical (unpaired) electrons. The fourth-order valence-corrected chi connectivity index (χ4v) is 1.85. The molecule has 0 aromatic carbocycles. The number of allylic oxidation sites excluding steroid dienone is 1. The van der Waals surface area contributed by atoms with Gasteiger partial charge < -0.3 is 9.47 Å². The van der Waals surface area contributed by atoms with E-state index in [9.17, 15) is 0 Å². The monoisotopic (exact) mass is 286 g/mol. The Kier molecular flexibility index (Phi) is 5.54. The van der Waals surface area contributed by atoms with Crippen LogP contribution in [-0.2, 0) is 9.47 Å². The lowest BCUT2D eigenvalue weighted by Crippen LogP contribution is -2.20. The molecule has 0 saturated carbocycles. The number of halogens is 1. The van der Waals surface area contributed by atoms with Crippen molar-refractivity contribution in [1.29, 1.82) is 0 Å². The first-order chi connectivity index (χ1) is 7.53. The van der Waals surface area contributed by atoms with Crippen molar-refractivity contribution in [1.82, 2.24) is 0 Å². The Labute approximate surface area is 107 Å². The van der Waals surface area contributed by atoms with Crippen molar-refractivity contribution >= 4 is 15.9 Å². The van der Waals surface area contributed by atoms with Crippen LogP contribution in [0.25, 0.3) is 0 Å². The van der Waals surface area contributed by atoms with Gasteiger partial charge in [-0.2, -0.15) is 0 Å². The summed E-state index contributed by atoms with van der Waals surface area (Å²) >= 11 is 3.43. The highest BCUT2D eigenvalue weighted by molar-refractivity contribution is 9.12. The van der Waals surface area contributed by atoms with E-state index in [1.165, 1.54) is 6.42 Å². The maximum Gasteiger partial charge on any atom is 0.163 e. The van der Waals surface area contributed by atoms with E-state index >= 15 is 0 Å². The first kappa shape index (κ1) is 13.8. The molecule has 1 saturated heterocycles. The molecule has 0 N–H and O–H groups in total. The quantitative estimate of drug-likeness (QED) is 0.583. The van der Waals surface area contributed by atoms with Crippen molar-refractivity contribution in [3.63, 3.8) is 0 Å². The number of unbranched alkanes of at least 4 members (excludes halogenated alkanes) is 2. The van der Waals surface area contributed by atoms with Gasteiger partial charge in [0.25, 0.3) is 0 Å². The summed E-state index contributed by atoms with van der Waals surface area (Å²) < 4.78 is 12.0. The summed E-state index contributed by atoms with van der Waals surface area (Å²) in [5.74, 6) is 5.71. The molecule has 0 aromatic rings. The predicted molar refractivity (Wildman–Crippen MR) is 69.2 cm³/mol. The zero-order valence-corrected chi connectivity index (χ0v) is 11.8. The van der Waals surface area contributed by atoms with E-state index in [1.54, 1.807) is 0 Å². The molecule has 1 aliphatic heterocycles. The average Bonchev–Trinajstić information content (AvgIpc) is 2.53. The molecule has 0 bridgehead atoms. The number of hydrogen-bond acceptors (Lipinski definition) is 2. The summed E-state index contributed by atoms with van der Waals surface area (Å²) in [6.45, 7) is 6.60. The molecule has 1 unspecified atom stereocenters. The second-order valence-corrected chi connectivity index (χ2v) is 5.14. The van der Waals surface area contributed by atoms with E-state index in [1.807, 2.05) is 19.9 Å². The molecule has 1 aliphatic rings. The van der Waals surface area contributed by atoms with E-state index in [0.717, 1.165) is 17.3 Å². The van der Waals surface area contributed by atoms with Crippen LogP contribution in [0.2, 0.25) is 0 Å². The van der Waals surface area contributed by atoms with Gasteiger partial charge in [0.1, 0.15) is 6.10 Å². The summed E-state index contributed by atoms with van der Waals surface area (Å²) in [5, 5.41) is 0. The van der Waals surface area contributed by atoms with Crippen molar-refractivity contribution in [2.75, 3.05) is 6.61 Å². The smallest absolute Gasteiger partial charge is 0.163 e. The van der Waals surface area contributed by atoms with Crippen LogP contribution < -0.4 is 0 Å². The molecule has 1 rings (SSSR count). The average molecular weight is 287 g/mol. The number of rotatable bonds is 3. The summed E-state index contributed by atoms with van der Waals surface area (Å²) in [5.41, 5.74) is 0.